The van der Waals surface area contributed by atoms with Crippen molar-refractivity contribution in [2.75, 3.05) is 5.73 Å². The molecule has 2 aromatic rings. The van der Waals surface area contributed by atoms with Gasteiger partial charge in [-0.05, 0) is 56.4 Å². The molecule has 1 heterocycles. The fourth-order valence-electron chi connectivity index (χ4n) is 4.05. The van der Waals surface area contributed by atoms with Crippen LogP contribution in [0.5, 0.6) is 0 Å². The molecule has 0 aromatic heterocycles. The molecular formula is C27H30N4O2. The van der Waals surface area contributed by atoms with Gasteiger partial charge in [0.2, 0.25) is 0 Å². The van der Waals surface area contributed by atoms with Gasteiger partial charge in [-0.1, -0.05) is 48.6 Å². The molecule has 0 radical (unpaired) electrons. The highest BCUT2D eigenvalue weighted by atomic mass is 16.2. The zero-order valence-corrected chi connectivity index (χ0v) is 19.1. The van der Waals surface area contributed by atoms with Gasteiger partial charge in [0.25, 0.3) is 11.8 Å². The smallest absolute Gasteiger partial charge is 0.272 e. The molecule has 0 saturated heterocycles. The molecule has 170 valence electrons. The zero-order valence-electron chi connectivity index (χ0n) is 19.1. The van der Waals surface area contributed by atoms with E-state index in [0.717, 1.165) is 24.8 Å². The number of hydrogen-bond donors (Lipinski definition) is 3. The number of rotatable bonds is 3. The first kappa shape index (κ1) is 23.7. The first-order valence-electron chi connectivity index (χ1n) is 11.1. The maximum Gasteiger partial charge on any atom is 0.272 e. The summed E-state index contributed by atoms with van der Waals surface area (Å²) in [7, 11) is 0. The van der Waals surface area contributed by atoms with Crippen LogP contribution in [0.4, 0.5) is 5.69 Å². The van der Waals surface area contributed by atoms with E-state index in [9.17, 15) is 9.59 Å². The van der Waals surface area contributed by atoms with Crippen LogP contribution in [0.25, 0.3) is 5.57 Å². The molecule has 2 amide bonds. The van der Waals surface area contributed by atoms with Gasteiger partial charge < -0.3 is 11.1 Å². The van der Waals surface area contributed by atoms with Crippen molar-refractivity contribution in [2.45, 2.75) is 39.2 Å². The Bertz CT molecular complexity index is 1140. The van der Waals surface area contributed by atoms with Crippen molar-refractivity contribution in [3.63, 3.8) is 0 Å². The van der Waals surface area contributed by atoms with Crippen molar-refractivity contribution in [3.05, 3.63) is 95.1 Å². The van der Waals surface area contributed by atoms with Crippen LogP contribution in [0.3, 0.4) is 0 Å². The number of nitrogens with zero attached hydrogens (tertiary/aromatic N) is 1. The number of carbonyl (C=O) groups is 2. The fourth-order valence-corrected chi connectivity index (χ4v) is 4.05. The summed E-state index contributed by atoms with van der Waals surface area (Å²) in [5.74, 6) is -0.641. The molecule has 4 rings (SSSR count). The van der Waals surface area contributed by atoms with Crippen LogP contribution in [0.1, 0.15) is 70.1 Å². The van der Waals surface area contributed by atoms with Crippen LogP contribution in [-0.4, -0.2) is 18.0 Å². The van der Waals surface area contributed by atoms with Gasteiger partial charge in [-0.2, -0.15) is 5.10 Å². The lowest BCUT2D eigenvalue weighted by molar-refractivity contribution is 0.0932. The first-order valence-corrected chi connectivity index (χ1v) is 11.1. The van der Waals surface area contributed by atoms with E-state index in [1.807, 2.05) is 44.2 Å². The first-order chi connectivity index (χ1) is 16.0. The minimum Gasteiger partial charge on any atom is -0.398 e. The number of aryl methyl sites for hydroxylation is 1. The summed E-state index contributed by atoms with van der Waals surface area (Å²) < 4.78 is 0. The van der Waals surface area contributed by atoms with Gasteiger partial charge in [0.1, 0.15) is 0 Å². The normalized spacial score (nSPS) is 17.8. The maximum absolute atomic E-state index is 13.1. The van der Waals surface area contributed by atoms with Gasteiger partial charge in [-0.15, -0.1) is 6.58 Å². The summed E-state index contributed by atoms with van der Waals surface area (Å²) >= 11 is 0. The Labute approximate surface area is 195 Å². The molecule has 0 spiro atoms. The van der Waals surface area contributed by atoms with Gasteiger partial charge in [0, 0.05) is 22.4 Å². The third-order valence-electron chi connectivity index (χ3n) is 5.48. The predicted octanol–water partition coefficient (Wildman–Crippen LogP) is 4.96. The van der Waals surface area contributed by atoms with Gasteiger partial charge in [0.15, 0.2) is 0 Å². The standard InChI is InChI=1S/C24H24N4O2.C3H6/c1-2-3-7-16-14-26-28-24(30)19-12-17(13-20(25)22(16)19)23(29)27-21-11-6-9-15-8-4-5-10-18(15)21;1-3-2/h2-5,7-8,10,12-14,21H,6,9,11,25H2,1H3,(H,27,29)(H,28,30);3H,1H2,2H3/b3-2+,16-7+;. The number of nitrogens with two attached hydrogens (primary N) is 1. The number of hydrogen-bond acceptors (Lipinski definition) is 4. The van der Waals surface area contributed by atoms with Crippen molar-refractivity contribution in [3.8, 4) is 0 Å². The molecule has 1 aliphatic heterocycles. The Morgan fingerprint density at radius 3 is 2.79 bits per heavy atom. The molecule has 0 bridgehead atoms. The minimum absolute atomic E-state index is 0.0511. The van der Waals surface area contributed by atoms with E-state index in [0.29, 0.717) is 28.0 Å². The Hall–Kier alpha value is -3.93. The van der Waals surface area contributed by atoms with E-state index in [1.165, 1.54) is 5.56 Å². The summed E-state index contributed by atoms with van der Waals surface area (Å²) in [6.45, 7) is 7.15. The Morgan fingerprint density at radius 2 is 2.03 bits per heavy atom. The Kier molecular flexibility index (Phi) is 7.97. The largest absolute Gasteiger partial charge is 0.398 e. The highest BCUT2D eigenvalue weighted by Crippen LogP contribution is 2.31. The van der Waals surface area contributed by atoms with E-state index in [-0.39, 0.29) is 11.9 Å². The van der Waals surface area contributed by atoms with Crippen molar-refractivity contribution < 1.29 is 9.59 Å². The van der Waals surface area contributed by atoms with Crippen molar-refractivity contribution >= 4 is 29.3 Å². The van der Waals surface area contributed by atoms with E-state index in [4.69, 9.17) is 5.73 Å². The Morgan fingerprint density at radius 1 is 1.27 bits per heavy atom. The second-order valence-corrected chi connectivity index (χ2v) is 7.86. The lowest BCUT2D eigenvalue weighted by Crippen LogP contribution is -2.31. The van der Waals surface area contributed by atoms with E-state index in [1.54, 1.807) is 24.4 Å². The lowest BCUT2D eigenvalue weighted by Gasteiger charge is -2.26. The number of carbonyl (C=O) groups excluding carboxylic acids is 2. The molecule has 6 heteroatoms. The molecule has 2 aromatic carbocycles. The Balaban J connectivity index is 0.000000968. The summed E-state index contributed by atoms with van der Waals surface area (Å²) in [6.07, 6.45) is 11.8. The van der Waals surface area contributed by atoms with Crippen LogP contribution >= 0.6 is 0 Å². The fraction of sp³-hybridized carbons (Fsp3) is 0.222. The van der Waals surface area contributed by atoms with Crippen LogP contribution in [0.15, 0.2) is 72.4 Å². The highest BCUT2D eigenvalue weighted by Gasteiger charge is 2.25. The average Bonchev–Trinajstić information content (AvgIpc) is 2.97. The SMILES string of the molecule is C/C=C/C=C1\C=NNC(=O)c2cc(C(=O)NC3CCCc4ccccc43)cc(N)c21.C=CC. The number of benzene rings is 2. The molecule has 1 unspecified atom stereocenters. The van der Waals surface area contributed by atoms with Gasteiger partial charge in [-0.25, -0.2) is 5.43 Å². The summed E-state index contributed by atoms with van der Waals surface area (Å²) in [6, 6.07) is 11.3. The molecule has 1 aliphatic carbocycles. The second kappa shape index (κ2) is 11.1. The van der Waals surface area contributed by atoms with Gasteiger partial charge >= 0.3 is 0 Å². The molecule has 1 atom stereocenters. The summed E-state index contributed by atoms with van der Waals surface area (Å²) in [5.41, 5.74) is 13.5. The van der Waals surface area contributed by atoms with E-state index >= 15 is 0 Å². The number of fused-ring (bicyclic) bond motifs is 2. The lowest BCUT2D eigenvalue weighted by atomic mass is 9.87. The van der Waals surface area contributed by atoms with Crippen molar-refractivity contribution in [2.24, 2.45) is 5.10 Å². The molecule has 6 nitrogen and oxygen atoms in total. The topological polar surface area (TPSA) is 96.6 Å². The molecule has 2 aliphatic rings. The number of nitrogens with one attached hydrogen (secondary N) is 2. The third kappa shape index (κ3) is 5.47. The predicted molar refractivity (Wildman–Crippen MR) is 135 cm³/mol. The molecule has 0 fully saturated rings. The number of amides is 2. The highest BCUT2D eigenvalue weighted by molar-refractivity contribution is 6.19. The summed E-state index contributed by atoms with van der Waals surface area (Å²) in [4.78, 5) is 25.6. The summed E-state index contributed by atoms with van der Waals surface area (Å²) in [5, 5.41) is 7.07. The maximum atomic E-state index is 13.1. The van der Waals surface area contributed by atoms with Crippen molar-refractivity contribution in [1.29, 1.82) is 0 Å². The van der Waals surface area contributed by atoms with Crippen LogP contribution in [0, 0.1) is 0 Å². The molecular weight excluding hydrogens is 412 g/mol. The minimum atomic E-state index is -0.394. The van der Waals surface area contributed by atoms with Crippen molar-refractivity contribution in [1.82, 2.24) is 10.7 Å². The van der Waals surface area contributed by atoms with Crippen LogP contribution in [-0.2, 0) is 6.42 Å². The van der Waals surface area contributed by atoms with E-state index in [2.05, 4.69) is 34.6 Å². The van der Waals surface area contributed by atoms with Crippen LogP contribution < -0.4 is 16.5 Å². The molecule has 4 N–H and O–H groups in total. The number of hydrazone groups is 1. The molecule has 0 saturated carbocycles. The number of nitrogen functional groups attached to an aromatic ring is 1. The monoisotopic (exact) mass is 442 g/mol. The molecule has 33 heavy (non-hydrogen) atoms. The average molecular weight is 443 g/mol. The zero-order chi connectivity index (χ0) is 23.8. The van der Waals surface area contributed by atoms with E-state index < -0.39 is 5.91 Å². The van der Waals surface area contributed by atoms with Crippen LogP contribution in [0.2, 0.25) is 0 Å². The third-order valence-corrected chi connectivity index (χ3v) is 5.48. The van der Waals surface area contributed by atoms with Gasteiger partial charge in [0.05, 0.1) is 17.8 Å². The number of anilines is 1. The second-order valence-electron chi connectivity index (χ2n) is 7.86. The number of allylic oxidation sites excluding steroid dienone is 5. The quantitative estimate of drug-likeness (QED) is 0.463. The van der Waals surface area contributed by atoms with Gasteiger partial charge in [-0.3, -0.25) is 9.59 Å².